The SMILES string of the molecule is Cc1n[nH]c2ccc(-c3cncc(OC[C@@H](N)Cc4ccc(C#N)cc4)c3)cc12. The number of rotatable bonds is 6. The largest absolute Gasteiger partial charge is 0.490 e. The van der Waals surface area contributed by atoms with Crippen molar-refractivity contribution in [1.29, 1.82) is 5.26 Å². The van der Waals surface area contributed by atoms with Crippen molar-refractivity contribution in [3.8, 4) is 22.9 Å². The molecule has 0 bridgehead atoms. The predicted octanol–water partition coefficient (Wildman–Crippen LogP) is 3.75. The Morgan fingerprint density at radius 3 is 2.72 bits per heavy atom. The van der Waals surface area contributed by atoms with Gasteiger partial charge in [0.2, 0.25) is 0 Å². The van der Waals surface area contributed by atoms with Crippen molar-refractivity contribution in [3.05, 3.63) is 77.7 Å². The van der Waals surface area contributed by atoms with Gasteiger partial charge in [0.15, 0.2) is 0 Å². The van der Waals surface area contributed by atoms with Gasteiger partial charge in [-0.05, 0) is 54.8 Å². The van der Waals surface area contributed by atoms with E-state index in [2.05, 4.69) is 27.3 Å². The van der Waals surface area contributed by atoms with Crippen LogP contribution in [0.1, 0.15) is 16.8 Å². The number of nitriles is 1. The minimum Gasteiger partial charge on any atom is -0.490 e. The number of nitrogens with two attached hydrogens (primary N) is 1. The number of fused-ring (bicyclic) bond motifs is 1. The van der Waals surface area contributed by atoms with E-state index < -0.39 is 0 Å². The highest BCUT2D eigenvalue weighted by Crippen LogP contribution is 2.27. The summed E-state index contributed by atoms with van der Waals surface area (Å²) in [4.78, 5) is 4.31. The lowest BCUT2D eigenvalue weighted by Gasteiger charge is -2.14. The van der Waals surface area contributed by atoms with E-state index in [1.807, 2.05) is 43.5 Å². The van der Waals surface area contributed by atoms with E-state index in [0.29, 0.717) is 24.3 Å². The van der Waals surface area contributed by atoms with Crippen molar-refractivity contribution in [2.24, 2.45) is 5.73 Å². The molecule has 0 aliphatic rings. The Morgan fingerprint density at radius 1 is 1.10 bits per heavy atom. The van der Waals surface area contributed by atoms with Gasteiger partial charge in [-0.25, -0.2) is 0 Å². The minimum atomic E-state index is -0.156. The van der Waals surface area contributed by atoms with E-state index in [-0.39, 0.29) is 6.04 Å². The van der Waals surface area contributed by atoms with E-state index in [1.54, 1.807) is 18.3 Å². The number of H-pyrrole nitrogens is 1. The molecule has 2 heterocycles. The van der Waals surface area contributed by atoms with Crippen molar-refractivity contribution in [2.45, 2.75) is 19.4 Å². The second-order valence-corrected chi connectivity index (χ2v) is 7.06. The first kappa shape index (κ1) is 18.7. The van der Waals surface area contributed by atoms with Gasteiger partial charge in [0.1, 0.15) is 12.4 Å². The first-order valence-electron chi connectivity index (χ1n) is 9.40. The van der Waals surface area contributed by atoms with Crippen LogP contribution < -0.4 is 10.5 Å². The Kier molecular flexibility index (Phi) is 5.23. The first-order chi connectivity index (χ1) is 14.1. The second kappa shape index (κ2) is 8.13. The molecule has 0 radical (unpaired) electrons. The highest BCUT2D eigenvalue weighted by molar-refractivity contribution is 5.86. The maximum absolute atomic E-state index is 8.87. The molecule has 144 valence electrons. The molecule has 6 nitrogen and oxygen atoms in total. The maximum Gasteiger partial charge on any atom is 0.138 e. The Labute approximate surface area is 169 Å². The predicted molar refractivity (Wildman–Crippen MR) is 112 cm³/mol. The normalized spacial score (nSPS) is 11.9. The smallest absolute Gasteiger partial charge is 0.138 e. The number of nitrogens with one attached hydrogen (secondary N) is 1. The minimum absolute atomic E-state index is 0.156. The summed E-state index contributed by atoms with van der Waals surface area (Å²) in [6.45, 7) is 2.36. The number of ether oxygens (including phenoxy) is 1. The molecule has 1 atom stereocenters. The zero-order valence-corrected chi connectivity index (χ0v) is 16.1. The number of aromatic amines is 1. The van der Waals surface area contributed by atoms with Crippen molar-refractivity contribution < 1.29 is 4.74 Å². The van der Waals surface area contributed by atoms with Crippen molar-refractivity contribution in [1.82, 2.24) is 15.2 Å². The lowest BCUT2D eigenvalue weighted by molar-refractivity contribution is 0.286. The Hall–Kier alpha value is -3.69. The van der Waals surface area contributed by atoms with Crippen molar-refractivity contribution in [2.75, 3.05) is 6.61 Å². The molecule has 3 N–H and O–H groups in total. The number of hydrogen-bond donors (Lipinski definition) is 2. The Balaban J connectivity index is 1.42. The molecule has 0 aliphatic carbocycles. The molecule has 4 aromatic rings. The van der Waals surface area contributed by atoms with Gasteiger partial charge in [0.25, 0.3) is 0 Å². The average molecular weight is 383 g/mol. The lowest BCUT2D eigenvalue weighted by atomic mass is 10.0. The molecule has 2 aromatic heterocycles. The quantitative estimate of drug-likeness (QED) is 0.528. The number of hydrogen-bond acceptors (Lipinski definition) is 5. The third-order valence-corrected chi connectivity index (χ3v) is 4.84. The average Bonchev–Trinajstić information content (AvgIpc) is 3.13. The number of pyridine rings is 1. The van der Waals surface area contributed by atoms with Gasteiger partial charge in [0, 0.05) is 23.2 Å². The molecule has 6 heteroatoms. The van der Waals surface area contributed by atoms with E-state index in [1.165, 1.54) is 0 Å². The highest BCUT2D eigenvalue weighted by atomic mass is 16.5. The van der Waals surface area contributed by atoms with E-state index in [0.717, 1.165) is 33.3 Å². The second-order valence-electron chi connectivity index (χ2n) is 7.06. The fourth-order valence-electron chi connectivity index (χ4n) is 3.26. The lowest BCUT2D eigenvalue weighted by Crippen LogP contribution is -2.30. The third kappa shape index (κ3) is 4.26. The summed E-state index contributed by atoms with van der Waals surface area (Å²) in [5.41, 5.74) is 12.0. The summed E-state index contributed by atoms with van der Waals surface area (Å²) in [5, 5.41) is 17.2. The fraction of sp³-hybridized carbons (Fsp3) is 0.174. The zero-order valence-electron chi connectivity index (χ0n) is 16.1. The van der Waals surface area contributed by atoms with Crippen LogP contribution in [0.2, 0.25) is 0 Å². The van der Waals surface area contributed by atoms with Gasteiger partial charge in [-0.2, -0.15) is 10.4 Å². The van der Waals surface area contributed by atoms with Crippen LogP contribution in [-0.2, 0) is 6.42 Å². The monoisotopic (exact) mass is 383 g/mol. The molecule has 0 fully saturated rings. The maximum atomic E-state index is 8.87. The molecule has 29 heavy (non-hydrogen) atoms. The molecule has 0 aliphatic heterocycles. The summed E-state index contributed by atoms with van der Waals surface area (Å²) in [5.74, 6) is 0.682. The summed E-state index contributed by atoms with van der Waals surface area (Å²) in [6.07, 6.45) is 4.19. The summed E-state index contributed by atoms with van der Waals surface area (Å²) >= 11 is 0. The van der Waals surface area contributed by atoms with E-state index in [4.69, 9.17) is 15.7 Å². The van der Waals surface area contributed by atoms with Gasteiger partial charge in [-0.3, -0.25) is 10.1 Å². The topological polar surface area (TPSA) is 101 Å². The molecule has 4 rings (SSSR count). The molecule has 0 unspecified atom stereocenters. The van der Waals surface area contributed by atoms with Gasteiger partial charge in [-0.1, -0.05) is 18.2 Å². The van der Waals surface area contributed by atoms with Gasteiger partial charge in [0.05, 0.1) is 29.0 Å². The van der Waals surface area contributed by atoms with Crippen LogP contribution in [0.4, 0.5) is 0 Å². The van der Waals surface area contributed by atoms with Crippen LogP contribution in [0, 0.1) is 18.3 Å². The van der Waals surface area contributed by atoms with E-state index in [9.17, 15) is 0 Å². The number of aryl methyl sites for hydroxylation is 1. The molecule has 0 amide bonds. The van der Waals surface area contributed by atoms with Gasteiger partial charge >= 0.3 is 0 Å². The van der Waals surface area contributed by atoms with Crippen molar-refractivity contribution >= 4 is 10.9 Å². The van der Waals surface area contributed by atoms with Crippen molar-refractivity contribution in [3.63, 3.8) is 0 Å². The Bertz CT molecular complexity index is 1170. The summed E-state index contributed by atoms with van der Waals surface area (Å²) in [6, 6.07) is 17.5. The molecule has 0 saturated carbocycles. The first-order valence-corrected chi connectivity index (χ1v) is 9.40. The standard InChI is InChI=1S/C23H21N5O/c1-15-22-10-18(6-7-23(22)28-27-15)19-9-21(13-26-12-19)29-14-20(25)8-16-2-4-17(11-24)5-3-16/h2-7,9-10,12-13,20H,8,14,25H2,1H3,(H,27,28)/t20-/m0/s1. The molecule has 0 saturated heterocycles. The molecule has 0 spiro atoms. The van der Waals surface area contributed by atoms with Crippen LogP contribution in [0.15, 0.2) is 60.9 Å². The molecular weight excluding hydrogens is 362 g/mol. The number of aromatic nitrogens is 3. The molecular formula is C23H21N5O. The fourth-order valence-corrected chi connectivity index (χ4v) is 3.26. The van der Waals surface area contributed by atoms with Crippen LogP contribution in [0.3, 0.4) is 0 Å². The van der Waals surface area contributed by atoms with Gasteiger partial charge < -0.3 is 10.5 Å². The third-order valence-electron chi connectivity index (χ3n) is 4.84. The zero-order chi connectivity index (χ0) is 20.2. The van der Waals surface area contributed by atoms with Crippen LogP contribution in [0.25, 0.3) is 22.0 Å². The summed E-state index contributed by atoms with van der Waals surface area (Å²) in [7, 11) is 0. The van der Waals surface area contributed by atoms with Gasteiger partial charge in [-0.15, -0.1) is 0 Å². The van der Waals surface area contributed by atoms with E-state index >= 15 is 0 Å². The Morgan fingerprint density at radius 2 is 1.93 bits per heavy atom. The van der Waals surface area contributed by atoms with Crippen LogP contribution in [0.5, 0.6) is 5.75 Å². The highest BCUT2D eigenvalue weighted by Gasteiger charge is 2.08. The molecule has 2 aromatic carbocycles. The van der Waals surface area contributed by atoms with Crippen LogP contribution >= 0.6 is 0 Å². The summed E-state index contributed by atoms with van der Waals surface area (Å²) < 4.78 is 5.88. The number of benzene rings is 2. The number of nitrogens with zero attached hydrogens (tertiary/aromatic N) is 3. The van der Waals surface area contributed by atoms with Crippen LogP contribution in [-0.4, -0.2) is 27.8 Å².